The monoisotopic (exact) mass is 722 g/mol. The molecule has 0 amide bonds. The number of carboxylic acids is 4. The molecule has 0 aliphatic heterocycles. The summed E-state index contributed by atoms with van der Waals surface area (Å²) >= 11 is 0. The Hall–Kier alpha value is -3.48. The number of benzene rings is 2. The van der Waals surface area contributed by atoms with Crippen LogP contribution in [-0.4, -0.2) is 163 Å². The van der Waals surface area contributed by atoms with Crippen molar-refractivity contribution >= 4 is 23.9 Å². The van der Waals surface area contributed by atoms with E-state index in [0.717, 1.165) is 0 Å². The van der Waals surface area contributed by atoms with E-state index in [4.69, 9.17) is 20.4 Å². The second-order valence-electron chi connectivity index (χ2n) is 10.7. The second kappa shape index (κ2) is 23.8. The van der Waals surface area contributed by atoms with Gasteiger partial charge in [-0.1, -0.05) is 60.7 Å². The Morgan fingerprint density at radius 3 is 1.29 bits per heavy atom. The van der Waals surface area contributed by atoms with Crippen LogP contribution < -0.4 is 5.32 Å². The summed E-state index contributed by atoms with van der Waals surface area (Å²) in [6.45, 7) is -2.06. The zero-order valence-corrected chi connectivity index (χ0v) is 27.5. The molecule has 2 rings (SSSR count). The van der Waals surface area contributed by atoms with Crippen molar-refractivity contribution in [3.05, 3.63) is 71.8 Å². The van der Waals surface area contributed by atoms with E-state index in [0.29, 0.717) is 11.1 Å². The summed E-state index contributed by atoms with van der Waals surface area (Å²) in [6, 6.07) is 15.0. The molecule has 48 heavy (non-hydrogen) atoms. The number of nitrogens with zero attached hydrogens (tertiary/aromatic N) is 2. The molecule has 0 aromatic heterocycles. The zero-order valence-electron chi connectivity index (χ0n) is 26.3. The van der Waals surface area contributed by atoms with Crippen molar-refractivity contribution in [3.8, 4) is 0 Å². The number of aliphatic hydroxyl groups is 5. The predicted octanol–water partition coefficient (Wildman–Crippen LogP) is -2.21. The van der Waals surface area contributed by atoms with E-state index in [1.807, 2.05) is 0 Å². The van der Waals surface area contributed by atoms with Crippen LogP contribution in [0.1, 0.15) is 11.1 Å². The first-order chi connectivity index (χ1) is 22.2. The molecule has 0 spiro atoms. The molecule has 0 aliphatic rings. The molecule has 0 heterocycles. The summed E-state index contributed by atoms with van der Waals surface area (Å²) in [6.07, 6.45) is -5.57. The van der Waals surface area contributed by atoms with Crippen molar-refractivity contribution in [2.75, 3.05) is 46.4 Å². The number of rotatable bonds is 21. The normalized spacial score (nSPS) is 14.8. The van der Waals surface area contributed by atoms with Crippen LogP contribution >= 0.6 is 0 Å². The molecule has 2 aromatic carbocycles. The van der Waals surface area contributed by atoms with Crippen LogP contribution in [-0.2, 0) is 49.1 Å². The fourth-order valence-corrected chi connectivity index (χ4v) is 4.61. The molecule has 0 saturated carbocycles. The van der Waals surface area contributed by atoms with Gasteiger partial charge >= 0.3 is 40.9 Å². The van der Waals surface area contributed by atoms with Crippen molar-refractivity contribution in [2.45, 2.75) is 49.3 Å². The van der Waals surface area contributed by atoms with E-state index in [1.165, 1.54) is 9.80 Å². The van der Waals surface area contributed by atoms with Crippen LogP contribution in [0.25, 0.3) is 0 Å². The van der Waals surface area contributed by atoms with Gasteiger partial charge in [-0.2, -0.15) is 0 Å². The van der Waals surface area contributed by atoms with Crippen LogP contribution in [0.4, 0.5) is 0 Å². The van der Waals surface area contributed by atoms with Crippen LogP contribution in [0, 0.1) is 0 Å². The Morgan fingerprint density at radius 2 is 1.00 bits per heavy atom. The van der Waals surface area contributed by atoms with Crippen LogP contribution in [0.5, 0.6) is 0 Å². The van der Waals surface area contributed by atoms with Crippen molar-refractivity contribution in [1.82, 2.24) is 15.1 Å². The van der Waals surface area contributed by atoms with Gasteiger partial charge in [-0.25, -0.2) is 0 Å². The molecule has 0 saturated heterocycles. The SMILES string of the molecule is CNC[C@H](O)[C@@H](O)[C@H](O)[C@H](O)CO.O=C(O)CN(CCN(CC(=O)O)[C@@H](Cc1ccccc1)C(=O)O)[C@H](Cc1ccccc1)C(=O)O.[Mn+2]. The topological polar surface area (TPSA) is 269 Å². The maximum absolute atomic E-state index is 12.0. The summed E-state index contributed by atoms with van der Waals surface area (Å²) in [7, 11) is 1.57. The number of likely N-dealkylation sites (N-methyl/N-ethyl adjacent to an activating group) is 1. The molecule has 17 heteroatoms. The van der Waals surface area contributed by atoms with Gasteiger partial charge in [-0.05, 0) is 31.0 Å². The van der Waals surface area contributed by atoms with Gasteiger partial charge in [0.25, 0.3) is 0 Å². The molecule has 0 bridgehead atoms. The first kappa shape index (κ1) is 44.5. The zero-order chi connectivity index (χ0) is 35.5. The standard InChI is InChI=1S/C24H28N2O8.C7H17NO5.Mn/c27-21(28)15-25(19(23(31)32)13-17-7-3-1-4-8-17)11-12-26(16-22(29)30)20(24(33)34)14-18-9-5-2-6-10-18;1-8-2-4(10)6(12)7(13)5(11)3-9;/h1-10,19-20H,11-16H2,(H,27,28)(H,29,30)(H,31,32)(H,33,34);4-13H,2-3H2,1H3;/q;;+2/t19-,20+;4-,5+,6+,7+;/m.0./s1. The van der Waals surface area contributed by atoms with Crippen LogP contribution in [0.15, 0.2) is 60.7 Å². The Labute approximate surface area is 288 Å². The number of hydrogen-bond donors (Lipinski definition) is 10. The summed E-state index contributed by atoms with van der Waals surface area (Å²) in [5.74, 6) is -4.95. The van der Waals surface area contributed by atoms with Crippen molar-refractivity contribution in [2.24, 2.45) is 0 Å². The number of aliphatic hydroxyl groups excluding tert-OH is 5. The van der Waals surface area contributed by atoms with Gasteiger partial charge in [0, 0.05) is 19.6 Å². The molecule has 267 valence electrons. The van der Waals surface area contributed by atoms with Gasteiger partial charge in [-0.15, -0.1) is 0 Å². The average Bonchev–Trinajstić information content (AvgIpc) is 3.03. The van der Waals surface area contributed by atoms with E-state index in [2.05, 4.69) is 5.32 Å². The quantitative estimate of drug-likeness (QED) is 0.0612. The van der Waals surface area contributed by atoms with E-state index >= 15 is 0 Å². The average molecular weight is 723 g/mol. The number of hydrogen-bond acceptors (Lipinski definition) is 12. The van der Waals surface area contributed by atoms with Crippen LogP contribution in [0.3, 0.4) is 0 Å². The van der Waals surface area contributed by atoms with Crippen molar-refractivity contribution in [3.63, 3.8) is 0 Å². The molecule has 0 fully saturated rings. The molecule has 1 radical (unpaired) electrons. The van der Waals surface area contributed by atoms with Crippen molar-refractivity contribution in [1.29, 1.82) is 0 Å². The molecule has 2 aromatic rings. The Balaban J connectivity index is 0.00000134. The largest absolute Gasteiger partial charge is 2.00 e. The van der Waals surface area contributed by atoms with Crippen molar-refractivity contribution < 1.29 is 82.2 Å². The Bertz CT molecular complexity index is 1150. The molecular formula is C31H45MnN3O13+2. The molecule has 16 nitrogen and oxygen atoms in total. The van der Waals surface area contributed by atoms with Gasteiger partial charge in [0.2, 0.25) is 0 Å². The third kappa shape index (κ3) is 16.6. The molecule has 0 aliphatic carbocycles. The predicted molar refractivity (Wildman–Crippen MR) is 167 cm³/mol. The smallest absolute Gasteiger partial charge is 0.480 e. The number of carboxylic acid groups (broad SMARTS) is 4. The fraction of sp³-hybridized carbons (Fsp3) is 0.484. The minimum absolute atomic E-state index is 0. The summed E-state index contributed by atoms with van der Waals surface area (Å²) in [5.41, 5.74) is 1.39. The Kier molecular flexibility index (Phi) is 22.1. The number of nitrogens with one attached hydrogen (secondary N) is 1. The Morgan fingerprint density at radius 1 is 0.646 bits per heavy atom. The van der Waals surface area contributed by atoms with E-state index < -0.39 is 80.1 Å². The third-order valence-electron chi connectivity index (χ3n) is 7.09. The van der Waals surface area contributed by atoms with Gasteiger partial charge in [0.15, 0.2) is 0 Å². The van der Waals surface area contributed by atoms with Gasteiger partial charge < -0.3 is 51.3 Å². The first-order valence-corrected chi connectivity index (χ1v) is 14.6. The fourth-order valence-electron chi connectivity index (χ4n) is 4.61. The minimum atomic E-state index is -1.55. The number of carbonyl (C=O) groups is 4. The van der Waals surface area contributed by atoms with Gasteiger partial charge in [0.05, 0.1) is 25.8 Å². The summed E-state index contributed by atoms with van der Waals surface area (Å²) in [4.78, 5) is 49.3. The van der Waals surface area contributed by atoms with Crippen LogP contribution in [0.2, 0.25) is 0 Å². The number of aliphatic carboxylic acids is 4. The minimum Gasteiger partial charge on any atom is -0.480 e. The molecule has 6 atom stereocenters. The second-order valence-corrected chi connectivity index (χ2v) is 10.7. The van der Waals surface area contributed by atoms with Gasteiger partial charge in [-0.3, -0.25) is 29.0 Å². The maximum Gasteiger partial charge on any atom is 2.00 e. The summed E-state index contributed by atoms with van der Waals surface area (Å²) < 4.78 is 0. The third-order valence-corrected chi connectivity index (χ3v) is 7.09. The maximum atomic E-state index is 12.0. The van der Waals surface area contributed by atoms with Gasteiger partial charge in [0.1, 0.15) is 30.4 Å². The first-order valence-electron chi connectivity index (χ1n) is 14.6. The summed E-state index contributed by atoms with van der Waals surface area (Å²) in [5, 5.41) is 85.7. The van der Waals surface area contributed by atoms with E-state index in [-0.39, 0.29) is 49.5 Å². The molecule has 0 unspecified atom stereocenters. The molecular weight excluding hydrogens is 677 g/mol. The van der Waals surface area contributed by atoms with E-state index in [9.17, 15) is 44.7 Å². The molecule has 10 N–H and O–H groups in total. The van der Waals surface area contributed by atoms with E-state index in [1.54, 1.807) is 67.7 Å².